The Morgan fingerprint density at radius 2 is 1.91 bits per heavy atom. The van der Waals surface area contributed by atoms with E-state index in [1.54, 1.807) is 0 Å². The first-order valence-electron chi connectivity index (χ1n) is 5.98. The van der Waals surface area contributed by atoms with Gasteiger partial charge in [-0.1, -0.05) is 6.07 Å². The smallest absolute Gasteiger partial charge is 0.222 e. The van der Waals surface area contributed by atoms with Crippen LogP contribution < -0.4 is 5.14 Å². The molecule has 0 radical (unpaired) electrons. The Balaban J connectivity index is 2.24. The number of hydrogen-bond donors (Lipinski definition) is 1. The molecule has 3 aromatic rings. The van der Waals surface area contributed by atoms with Gasteiger partial charge in [-0.2, -0.15) is 4.98 Å². The number of nitrogens with two attached hydrogens (primary N) is 1. The predicted molar refractivity (Wildman–Crippen MR) is 72.2 cm³/mol. The van der Waals surface area contributed by atoms with E-state index in [-0.39, 0.29) is 22.6 Å². The van der Waals surface area contributed by atoms with Crippen LogP contribution in [0.1, 0.15) is 5.56 Å². The summed E-state index contributed by atoms with van der Waals surface area (Å²) in [6, 6.07) is 3.73. The van der Waals surface area contributed by atoms with Crippen molar-refractivity contribution < 1.29 is 17.2 Å². The summed E-state index contributed by atoms with van der Waals surface area (Å²) in [6.07, 6.45) is 1.29. The fraction of sp³-hybridized carbons (Fsp3) is 0.0833. The highest BCUT2D eigenvalue weighted by molar-refractivity contribution is 7.89. The van der Waals surface area contributed by atoms with Crippen molar-refractivity contribution in [3.63, 3.8) is 0 Å². The molecule has 0 aliphatic rings. The van der Waals surface area contributed by atoms with Crippen molar-refractivity contribution in [1.82, 2.24) is 19.6 Å². The van der Waals surface area contributed by atoms with Crippen molar-refractivity contribution in [1.29, 1.82) is 0 Å². The van der Waals surface area contributed by atoms with Crippen molar-refractivity contribution in [2.24, 2.45) is 5.14 Å². The van der Waals surface area contributed by atoms with Crippen LogP contribution in [0.25, 0.3) is 17.0 Å². The molecule has 22 heavy (non-hydrogen) atoms. The lowest BCUT2D eigenvalue weighted by atomic mass is 10.1. The van der Waals surface area contributed by atoms with Crippen molar-refractivity contribution >= 4 is 15.8 Å². The van der Waals surface area contributed by atoms with Gasteiger partial charge in [0.05, 0.1) is 11.3 Å². The van der Waals surface area contributed by atoms with Gasteiger partial charge in [0.25, 0.3) is 21.0 Å². The largest absolute Gasteiger partial charge is 0.284 e. The van der Waals surface area contributed by atoms with E-state index in [0.717, 1.165) is 10.6 Å². The number of primary sulfonamides is 1. The van der Waals surface area contributed by atoms with E-state index in [0.29, 0.717) is 0 Å². The molecule has 7 nitrogen and oxygen atoms in total. The second-order valence-electron chi connectivity index (χ2n) is 4.55. The van der Waals surface area contributed by atoms with E-state index < -0.39 is 26.8 Å². The minimum absolute atomic E-state index is 0.0282. The number of rotatable bonds is 2. The molecule has 2 aromatic heterocycles. The van der Waals surface area contributed by atoms with Crippen molar-refractivity contribution in [3.05, 3.63) is 41.6 Å². The lowest BCUT2D eigenvalue weighted by Crippen LogP contribution is -2.14. The molecule has 3 rings (SSSR count). The number of nitrogens with zero attached hydrogens (tertiary/aromatic N) is 4. The molecule has 0 saturated carbocycles. The fourth-order valence-electron chi connectivity index (χ4n) is 1.91. The molecule has 0 atom stereocenters. The van der Waals surface area contributed by atoms with Crippen molar-refractivity contribution in [2.75, 3.05) is 0 Å². The SMILES string of the molecule is Cc1ccc(F)c(-c2ccn3nc(S(N)(=O)=O)nc3n2)c1F. The quantitative estimate of drug-likeness (QED) is 0.758. The monoisotopic (exact) mass is 325 g/mol. The maximum atomic E-state index is 14.1. The van der Waals surface area contributed by atoms with Crippen LogP contribution in [0.4, 0.5) is 8.78 Å². The number of halogens is 2. The minimum atomic E-state index is -4.10. The summed E-state index contributed by atoms with van der Waals surface area (Å²) in [7, 11) is -4.10. The summed E-state index contributed by atoms with van der Waals surface area (Å²) < 4.78 is 51.4. The summed E-state index contributed by atoms with van der Waals surface area (Å²) in [5.41, 5.74) is -0.0907. The topological polar surface area (TPSA) is 103 Å². The van der Waals surface area contributed by atoms with Gasteiger partial charge in [0.15, 0.2) is 0 Å². The molecule has 0 aliphatic carbocycles. The van der Waals surface area contributed by atoms with Crippen LogP contribution in [0.15, 0.2) is 29.6 Å². The Hall–Kier alpha value is -2.46. The van der Waals surface area contributed by atoms with Gasteiger partial charge < -0.3 is 0 Å². The molecule has 0 fully saturated rings. The van der Waals surface area contributed by atoms with Gasteiger partial charge in [-0.05, 0) is 24.6 Å². The number of sulfonamides is 1. The van der Waals surface area contributed by atoms with Gasteiger partial charge in [-0.25, -0.2) is 31.8 Å². The Bertz CT molecular complexity index is 1000. The maximum absolute atomic E-state index is 14.1. The number of aromatic nitrogens is 4. The first-order valence-corrected chi connectivity index (χ1v) is 7.53. The molecular formula is C12H9F2N5O2S. The van der Waals surface area contributed by atoms with Crippen LogP contribution in [0.2, 0.25) is 0 Å². The first kappa shape index (κ1) is 14.5. The average molecular weight is 325 g/mol. The molecule has 0 amide bonds. The molecule has 0 aliphatic heterocycles. The molecular weight excluding hydrogens is 316 g/mol. The number of benzene rings is 1. The Kier molecular flexibility index (Phi) is 3.15. The van der Waals surface area contributed by atoms with E-state index in [1.807, 2.05) is 0 Å². The standard InChI is InChI=1S/C12H9F2N5O2S/c1-6-2-3-7(13)9(10(6)14)8-4-5-19-11(16-8)17-12(18-19)22(15,20)21/h2-5H,1H3,(H2,15,20,21). The Morgan fingerprint density at radius 3 is 2.59 bits per heavy atom. The summed E-state index contributed by atoms with van der Waals surface area (Å²) in [5, 5.41) is 7.92. The van der Waals surface area contributed by atoms with Crippen LogP contribution in [-0.2, 0) is 10.0 Å². The van der Waals surface area contributed by atoms with E-state index in [2.05, 4.69) is 15.1 Å². The molecule has 1 aromatic carbocycles. The normalized spacial score (nSPS) is 12.0. The van der Waals surface area contributed by atoms with Gasteiger partial charge in [0.2, 0.25) is 0 Å². The fourth-order valence-corrected chi connectivity index (χ4v) is 2.32. The number of hydrogen-bond acceptors (Lipinski definition) is 5. The highest BCUT2D eigenvalue weighted by Gasteiger charge is 2.19. The zero-order valence-electron chi connectivity index (χ0n) is 11.2. The van der Waals surface area contributed by atoms with Gasteiger partial charge in [-0.15, -0.1) is 5.10 Å². The highest BCUT2D eigenvalue weighted by atomic mass is 32.2. The third-order valence-corrected chi connectivity index (χ3v) is 3.66. The van der Waals surface area contributed by atoms with Crippen LogP contribution >= 0.6 is 0 Å². The van der Waals surface area contributed by atoms with Crippen molar-refractivity contribution in [3.8, 4) is 11.3 Å². The zero-order valence-corrected chi connectivity index (χ0v) is 12.0. The molecule has 114 valence electrons. The Labute approximate surface area is 123 Å². The Morgan fingerprint density at radius 1 is 1.18 bits per heavy atom. The molecule has 2 N–H and O–H groups in total. The molecule has 10 heteroatoms. The second-order valence-corrected chi connectivity index (χ2v) is 6.01. The number of aryl methyl sites for hydroxylation is 1. The second kappa shape index (κ2) is 4.78. The molecule has 0 saturated heterocycles. The van der Waals surface area contributed by atoms with Gasteiger partial charge >= 0.3 is 0 Å². The van der Waals surface area contributed by atoms with Crippen LogP contribution in [0, 0.1) is 18.6 Å². The third-order valence-electron chi connectivity index (χ3n) is 2.98. The number of fused-ring (bicyclic) bond motifs is 1. The van der Waals surface area contributed by atoms with E-state index in [9.17, 15) is 17.2 Å². The van der Waals surface area contributed by atoms with Gasteiger partial charge in [-0.3, -0.25) is 0 Å². The summed E-state index contributed by atoms with van der Waals surface area (Å²) >= 11 is 0. The van der Waals surface area contributed by atoms with E-state index in [1.165, 1.54) is 25.3 Å². The lowest BCUT2D eigenvalue weighted by molar-refractivity contribution is 0.582. The van der Waals surface area contributed by atoms with Gasteiger partial charge in [0.1, 0.15) is 11.6 Å². The summed E-state index contributed by atoms with van der Waals surface area (Å²) in [6.45, 7) is 1.49. The van der Waals surface area contributed by atoms with Crippen LogP contribution in [-0.4, -0.2) is 28.0 Å². The summed E-state index contributed by atoms with van der Waals surface area (Å²) in [5.74, 6) is -1.67. The summed E-state index contributed by atoms with van der Waals surface area (Å²) in [4.78, 5) is 7.57. The molecule has 0 bridgehead atoms. The minimum Gasteiger partial charge on any atom is -0.222 e. The average Bonchev–Trinajstić information content (AvgIpc) is 2.87. The molecule has 0 unspecified atom stereocenters. The predicted octanol–water partition coefficient (Wildman–Crippen LogP) is 1.03. The first-order chi connectivity index (χ1) is 10.3. The van der Waals surface area contributed by atoms with Crippen LogP contribution in [0.3, 0.4) is 0 Å². The maximum Gasteiger partial charge on any atom is 0.284 e. The highest BCUT2D eigenvalue weighted by Crippen LogP contribution is 2.26. The van der Waals surface area contributed by atoms with E-state index >= 15 is 0 Å². The molecule has 2 heterocycles. The lowest BCUT2D eigenvalue weighted by Gasteiger charge is -2.06. The van der Waals surface area contributed by atoms with E-state index in [4.69, 9.17) is 5.14 Å². The third kappa shape index (κ3) is 2.31. The van der Waals surface area contributed by atoms with Crippen LogP contribution in [0.5, 0.6) is 0 Å². The van der Waals surface area contributed by atoms with Gasteiger partial charge in [0, 0.05) is 6.20 Å². The van der Waals surface area contributed by atoms with Crippen molar-refractivity contribution in [2.45, 2.75) is 12.1 Å². The zero-order chi connectivity index (χ0) is 16.1. The molecule has 0 spiro atoms.